The van der Waals surface area contributed by atoms with Crippen LogP contribution in [0, 0.1) is 11.8 Å². The third-order valence-electron chi connectivity index (χ3n) is 7.97. The molecule has 0 spiro atoms. The minimum atomic E-state index is -0.119. The van der Waals surface area contributed by atoms with Crippen molar-refractivity contribution in [2.45, 2.75) is 69.0 Å². The highest BCUT2D eigenvalue weighted by Crippen LogP contribution is 2.38. The number of rotatable bonds is 7. The van der Waals surface area contributed by atoms with Gasteiger partial charge in [0.15, 0.2) is 0 Å². The van der Waals surface area contributed by atoms with E-state index in [-0.39, 0.29) is 37.1 Å². The molecule has 0 amide bonds. The number of benzene rings is 3. The highest BCUT2D eigenvalue weighted by molar-refractivity contribution is 5.57. The Bertz CT molecular complexity index is 1430. The van der Waals surface area contributed by atoms with E-state index in [9.17, 15) is 5.11 Å². The predicted octanol–water partition coefficient (Wildman–Crippen LogP) is 5.41. The molecule has 0 unspecified atom stereocenters. The molecule has 2 saturated heterocycles. The quantitative estimate of drug-likeness (QED) is 0.322. The van der Waals surface area contributed by atoms with Gasteiger partial charge in [-0.3, -0.25) is 0 Å². The smallest absolute Gasteiger partial charge is 0.113 e. The summed E-state index contributed by atoms with van der Waals surface area (Å²) >= 11 is 0. The SMILES string of the molecule is OC[C@H]1CC[C@@H]2O[C@H](CCc3ccc(C#CCc4ccccc4)cc3)[C@H](n3cc(-c4ccccc4)nn3)C[C@@H]2O1. The third-order valence-corrected chi connectivity index (χ3v) is 7.97. The van der Waals surface area contributed by atoms with Crippen molar-refractivity contribution in [1.82, 2.24) is 15.0 Å². The van der Waals surface area contributed by atoms with Gasteiger partial charge in [0.25, 0.3) is 0 Å². The van der Waals surface area contributed by atoms with Crippen LogP contribution in [0.15, 0.2) is 91.1 Å². The van der Waals surface area contributed by atoms with E-state index in [0.29, 0.717) is 0 Å². The normalized spacial score (nSPS) is 24.1. The lowest BCUT2D eigenvalue weighted by molar-refractivity contribution is -0.209. The van der Waals surface area contributed by atoms with Crippen LogP contribution in [0.4, 0.5) is 0 Å². The van der Waals surface area contributed by atoms with Gasteiger partial charge in [0.05, 0.1) is 43.3 Å². The number of aryl methyl sites for hydroxylation is 1. The average Bonchev–Trinajstić information content (AvgIpc) is 3.51. The number of hydrogen-bond acceptors (Lipinski definition) is 5. The molecular weight excluding hydrogens is 498 g/mol. The molecular formula is C34H35N3O3. The Labute approximate surface area is 236 Å². The zero-order valence-electron chi connectivity index (χ0n) is 22.6. The molecule has 0 aliphatic carbocycles. The van der Waals surface area contributed by atoms with E-state index in [1.165, 1.54) is 11.1 Å². The Hall–Kier alpha value is -3.76. The number of nitrogens with zero attached hydrogens (tertiary/aromatic N) is 3. The van der Waals surface area contributed by atoms with Crippen molar-refractivity contribution in [3.63, 3.8) is 0 Å². The van der Waals surface area contributed by atoms with E-state index in [0.717, 1.165) is 55.3 Å². The topological polar surface area (TPSA) is 69.4 Å². The first kappa shape index (κ1) is 26.5. The number of aromatic nitrogens is 3. The van der Waals surface area contributed by atoms with E-state index in [4.69, 9.17) is 9.47 Å². The van der Waals surface area contributed by atoms with Gasteiger partial charge in [0.2, 0.25) is 0 Å². The largest absolute Gasteiger partial charge is 0.394 e. The van der Waals surface area contributed by atoms with Crippen molar-refractivity contribution in [3.05, 3.63) is 108 Å². The molecule has 2 fully saturated rings. The lowest BCUT2D eigenvalue weighted by atomic mass is 9.88. The summed E-state index contributed by atoms with van der Waals surface area (Å²) in [6.07, 6.45) is 6.93. The van der Waals surface area contributed by atoms with Crippen LogP contribution in [0.1, 0.15) is 48.4 Å². The van der Waals surface area contributed by atoms with E-state index < -0.39 is 0 Å². The van der Waals surface area contributed by atoms with Gasteiger partial charge in [0, 0.05) is 24.0 Å². The van der Waals surface area contributed by atoms with Gasteiger partial charge in [-0.05, 0) is 48.9 Å². The lowest BCUT2D eigenvalue weighted by Gasteiger charge is -2.45. The Kier molecular flexibility index (Phi) is 8.34. The monoisotopic (exact) mass is 533 g/mol. The number of fused-ring (bicyclic) bond motifs is 1. The van der Waals surface area contributed by atoms with Crippen LogP contribution in [0.5, 0.6) is 0 Å². The average molecular weight is 534 g/mol. The molecule has 3 heterocycles. The first-order valence-electron chi connectivity index (χ1n) is 14.3. The number of aliphatic hydroxyl groups is 1. The summed E-state index contributed by atoms with van der Waals surface area (Å²) in [5.74, 6) is 6.56. The highest BCUT2D eigenvalue weighted by Gasteiger charge is 2.43. The van der Waals surface area contributed by atoms with Gasteiger partial charge >= 0.3 is 0 Å². The Balaban J connectivity index is 1.14. The first-order chi connectivity index (χ1) is 19.7. The second-order valence-corrected chi connectivity index (χ2v) is 10.7. The summed E-state index contributed by atoms with van der Waals surface area (Å²) < 4.78 is 14.9. The molecule has 4 aromatic rings. The maximum atomic E-state index is 9.67. The molecule has 0 saturated carbocycles. The van der Waals surface area contributed by atoms with E-state index in [2.05, 4.69) is 58.6 Å². The standard InChI is InChI=1S/C34H35N3O3/c38-24-29-19-21-33-34(39-29)22-31(37-23-30(35-36-37)28-12-5-2-6-13-28)32(40-33)20-18-27-16-14-26(15-17-27)11-7-10-25-8-3-1-4-9-25/h1-6,8-9,12-17,23,29,31-34,38H,10,18-22,24H2/t29-,31-,32-,33+,34+/m1/s1. The van der Waals surface area contributed by atoms with E-state index in [1.54, 1.807) is 0 Å². The molecule has 3 aromatic carbocycles. The van der Waals surface area contributed by atoms with Crippen LogP contribution in [-0.4, -0.2) is 51.1 Å². The second-order valence-electron chi connectivity index (χ2n) is 10.7. The molecule has 0 bridgehead atoms. The van der Waals surface area contributed by atoms with Gasteiger partial charge in [-0.2, -0.15) is 0 Å². The molecule has 1 N–H and O–H groups in total. The Morgan fingerprint density at radius 3 is 2.40 bits per heavy atom. The molecule has 2 aliphatic heterocycles. The number of hydrogen-bond donors (Lipinski definition) is 1. The first-order valence-corrected chi connectivity index (χ1v) is 14.3. The van der Waals surface area contributed by atoms with Crippen molar-refractivity contribution < 1.29 is 14.6 Å². The van der Waals surface area contributed by atoms with Crippen molar-refractivity contribution >= 4 is 0 Å². The van der Waals surface area contributed by atoms with Gasteiger partial charge in [0.1, 0.15) is 5.69 Å². The highest BCUT2D eigenvalue weighted by atomic mass is 16.6. The fourth-order valence-corrected chi connectivity index (χ4v) is 5.77. The second kappa shape index (κ2) is 12.6. The summed E-state index contributed by atoms with van der Waals surface area (Å²) in [6.45, 7) is 0.0470. The predicted molar refractivity (Wildman–Crippen MR) is 155 cm³/mol. The minimum Gasteiger partial charge on any atom is -0.394 e. The Morgan fingerprint density at radius 2 is 1.62 bits per heavy atom. The molecule has 204 valence electrons. The summed E-state index contributed by atoms with van der Waals surface area (Å²) in [6, 6.07) is 29.0. The molecule has 2 aliphatic rings. The zero-order chi connectivity index (χ0) is 27.1. The van der Waals surface area contributed by atoms with Gasteiger partial charge in [-0.1, -0.05) is 89.9 Å². The third kappa shape index (κ3) is 6.34. The van der Waals surface area contributed by atoms with Crippen LogP contribution in [-0.2, 0) is 22.3 Å². The van der Waals surface area contributed by atoms with Crippen LogP contribution < -0.4 is 0 Å². The van der Waals surface area contributed by atoms with E-state index >= 15 is 0 Å². The summed E-state index contributed by atoms with van der Waals surface area (Å²) in [5.41, 5.74) is 5.42. The fourth-order valence-electron chi connectivity index (χ4n) is 5.77. The Morgan fingerprint density at radius 1 is 0.850 bits per heavy atom. The van der Waals surface area contributed by atoms with Gasteiger partial charge in [-0.25, -0.2) is 4.68 Å². The fraction of sp³-hybridized carbons (Fsp3) is 0.353. The maximum Gasteiger partial charge on any atom is 0.113 e. The van der Waals surface area contributed by atoms with E-state index in [1.807, 2.05) is 59.4 Å². The summed E-state index contributed by atoms with van der Waals surface area (Å²) in [5, 5.41) is 18.7. The molecule has 6 rings (SSSR count). The molecule has 1 aromatic heterocycles. The maximum absolute atomic E-state index is 9.67. The molecule has 6 heteroatoms. The number of ether oxygens (including phenoxy) is 2. The molecule has 40 heavy (non-hydrogen) atoms. The molecule has 5 atom stereocenters. The zero-order valence-corrected chi connectivity index (χ0v) is 22.6. The van der Waals surface area contributed by atoms with Gasteiger partial charge in [-0.15, -0.1) is 5.10 Å². The van der Waals surface area contributed by atoms with Crippen molar-refractivity contribution in [2.75, 3.05) is 6.61 Å². The summed E-state index contributed by atoms with van der Waals surface area (Å²) in [7, 11) is 0. The number of aliphatic hydroxyl groups excluding tert-OH is 1. The van der Waals surface area contributed by atoms with Crippen molar-refractivity contribution in [1.29, 1.82) is 0 Å². The minimum absolute atomic E-state index is 0.00628. The lowest BCUT2D eigenvalue weighted by Crippen LogP contribution is -2.51. The summed E-state index contributed by atoms with van der Waals surface area (Å²) in [4.78, 5) is 0. The van der Waals surface area contributed by atoms with Crippen LogP contribution in [0.3, 0.4) is 0 Å². The van der Waals surface area contributed by atoms with Gasteiger partial charge < -0.3 is 14.6 Å². The molecule has 0 radical (unpaired) electrons. The van der Waals surface area contributed by atoms with Crippen LogP contribution >= 0.6 is 0 Å². The van der Waals surface area contributed by atoms with Crippen molar-refractivity contribution in [2.24, 2.45) is 0 Å². The molecule has 6 nitrogen and oxygen atoms in total. The van der Waals surface area contributed by atoms with Crippen molar-refractivity contribution in [3.8, 4) is 23.1 Å². The van der Waals surface area contributed by atoms with Crippen LogP contribution in [0.2, 0.25) is 0 Å². The van der Waals surface area contributed by atoms with Crippen LogP contribution in [0.25, 0.3) is 11.3 Å².